The van der Waals surface area contributed by atoms with Crippen molar-refractivity contribution in [1.29, 1.82) is 0 Å². The van der Waals surface area contributed by atoms with Crippen molar-refractivity contribution in [3.05, 3.63) is 59.9 Å². The first-order valence-corrected chi connectivity index (χ1v) is 9.74. The summed E-state index contributed by atoms with van der Waals surface area (Å²) >= 11 is 0. The van der Waals surface area contributed by atoms with Crippen molar-refractivity contribution in [2.45, 2.75) is 11.4 Å². The largest absolute Gasteiger partial charge is 0.465 e. The van der Waals surface area contributed by atoms with E-state index in [4.69, 9.17) is 4.74 Å². The Labute approximate surface area is 153 Å². The first-order valence-electron chi connectivity index (χ1n) is 8.30. The number of ether oxygens (including phenoxy) is 1. The third kappa shape index (κ3) is 4.09. The molecule has 0 atom stereocenters. The van der Waals surface area contributed by atoms with E-state index >= 15 is 0 Å². The quantitative estimate of drug-likeness (QED) is 0.735. The van der Waals surface area contributed by atoms with Crippen LogP contribution in [0.1, 0.15) is 15.9 Å². The molecule has 1 aliphatic rings. The zero-order valence-electron chi connectivity index (χ0n) is 14.5. The van der Waals surface area contributed by atoms with Crippen LogP contribution in [0.25, 0.3) is 0 Å². The summed E-state index contributed by atoms with van der Waals surface area (Å²) in [6.45, 7) is 2.76. The van der Waals surface area contributed by atoms with Crippen molar-refractivity contribution < 1.29 is 17.9 Å². The molecule has 1 saturated heterocycles. The van der Waals surface area contributed by atoms with E-state index in [0.717, 1.165) is 5.56 Å². The summed E-state index contributed by atoms with van der Waals surface area (Å²) in [6.07, 6.45) is 2.93. The number of hydrogen-bond acceptors (Lipinski definition) is 6. The van der Waals surface area contributed by atoms with Crippen LogP contribution in [0.3, 0.4) is 0 Å². The number of pyridine rings is 1. The van der Waals surface area contributed by atoms with Gasteiger partial charge >= 0.3 is 5.97 Å². The average molecular weight is 375 g/mol. The van der Waals surface area contributed by atoms with Gasteiger partial charge in [-0.15, -0.1) is 0 Å². The van der Waals surface area contributed by atoms with Gasteiger partial charge in [-0.3, -0.25) is 9.88 Å². The molecule has 26 heavy (non-hydrogen) atoms. The Morgan fingerprint density at radius 1 is 1.15 bits per heavy atom. The second kappa shape index (κ2) is 7.94. The van der Waals surface area contributed by atoms with E-state index in [-0.39, 0.29) is 10.9 Å². The standard InChI is InChI=1S/C18H21N3O4S/c1-25-18(22)16-5-2-4-15(12-16)14-20-8-10-21(11-9-20)26(23,24)17-6-3-7-19-13-17/h2-7,12-13H,8-11,14H2,1H3. The summed E-state index contributed by atoms with van der Waals surface area (Å²) < 4.78 is 31.5. The van der Waals surface area contributed by atoms with Gasteiger partial charge in [0, 0.05) is 45.1 Å². The fraction of sp³-hybridized carbons (Fsp3) is 0.333. The highest BCUT2D eigenvalue weighted by Crippen LogP contribution is 2.18. The van der Waals surface area contributed by atoms with Crippen LogP contribution in [-0.4, -0.2) is 61.9 Å². The maximum Gasteiger partial charge on any atom is 0.337 e. The van der Waals surface area contributed by atoms with Gasteiger partial charge in [-0.05, 0) is 29.8 Å². The monoisotopic (exact) mass is 375 g/mol. The van der Waals surface area contributed by atoms with Crippen molar-refractivity contribution in [3.8, 4) is 0 Å². The number of rotatable bonds is 5. The summed E-state index contributed by atoms with van der Waals surface area (Å²) in [7, 11) is -2.14. The Morgan fingerprint density at radius 3 is 2.58 bits per heavy atom. The van der Waals surface area contributed by atoms with Gasteiger partial charge in [0.25, 0.3) is 0 Å². The maximum atomic E-state index is 12.6. The molecule has 2 aromatic rings. The number of carbonyl (C=O) groups excluding carboxylic acids is 1. The van der Waals surface area contributed by atoms with Crippen LogP contribution in [-0.2, 0) is 21.3 Å². The maximum absolute atomic E-state index is 12.6. The molecule has 0 saturated carbocycles. The molecule has 8 heteroatoms. The van der Waals surface area contributed by atoms with Gasteiger partial charge in [0.15, 0.2) is 0 Å². The summed E-state index contributed by atoms with van der Waals surface area (Å²) in [5.74, 6) is -0.362. The van der Waals surface area contributed by atoms with E-state index < -0.39 is 10.0 Å². The zero-order valence-corrected chi connectivity index (χ0v) is 15.4. The van der Waals surface area contributed by atoms with Crippen LogP contribution in [0.5, 0.6) is 0 Å². The molecule has 0 spiro atoms. The lowest BCUT2D eigenvalue weighted by molar-refractivity contribution is 0.0600. The predicted molar refractivity (Wildman–Crippen MR) is 96.1 cm³/mol. The summed E-state index contributed by atoms with van der Waals surface area (Å²) in [6, 6.07) is 10.5. The number of nitrogens with zero attached hydrogens (tertiary/aromatic N) is 3. The number of hydrogen-bond donors (Lipinski definition) is 0. The number of benzene rings is 1. The molecule has 3 rings (SSSR count). The number of aromatic nitrogens is 1. The van der Waals surface area contributed by atoms with E-state index in [2.05, 4.69) is 9.88 Å². The molecule has 0 aliphatic carbocycles. The Kier molecular flexibility index (Phi) is 5.65. The third-order valence-electron chi connectivity index (χ3n) is 4.36. The molecule has 7 nitrogen and oxygen atoms in total. The minimum atomic E-state index is -3.50. The lowest BCUT2D eigenvalue weighted by Gasteiger charge is -2.34. The molecule has 1 aromatic carbocycles. The molecule has 0 amide bonds. The fourth-order valence-electron chi connectivity index (χ4n) is 2.95. The third-order valence-corrected chi connectivity index (χ3v) is 6.24. The molecule has 2 heterocycles. The van der Waals surface area contributed by atoms with Gasteiger partial charge in [-0.25, -0.2) is 13.2 Å². The molecule has 1 aromatic heterocycles. The van der Waals surface area contributed by atoms with Crippen molar-refractivity contribution >= 4 is 16.0 Å². The van der Waals surface area contributed by atoms with Crippen LogP contribution in [0.15, 0.2) is 53.7 Å². The van der Waals surface area contributed by atoms with E-state index in [9.17, 15) is 13.2 Å². The van der Waals surface area contributed by atoms with Gasteiger partial charge in [0.1, 0.15) is 4.90 Å². The Bertz CT molecular complexity index is 863. The zero-order chi connectivity index (χ0) is 18.6. The highest BCUT2D eigenvalue weighted by Gasteiger charge is 2.28. The topological polar surface area (TPSA) is 79.8 Å². The Hall–Kier alpha value is -2.29. The van der Waals surface area contributed by atoms with E-state index in [1.165, 1.54) is 17.6 Å². The molecular formula is C18H21N3O4S. The van der Waals surface area contributed by atoms with Crippen LogP contribution in [0.2, 0.25) is 0 Å². The lowest BCUT2D eigenvalue weighted by Crippen LogP contribution is -2.48. The summed E-state index contributed by atoms with van der Waals surface area (Å²) in [5, 5.41) is 0. The average Bonchev–Trinajstić information content (AvgIpc) is 2.68. The predicted octanol–water partition coefficient (Wildman–Crippen LogP) is 1.37. The van der Waals surface area contributed by atoms with Gasteiger partial charge < -0.3 is 4.74 Å². The van der Waals surface area contributed by atoms with Crippen LogP contribution in [0.4, 0.5) is 0 Å². The van der Waals surface area contributed by atoms with E-state index in [1.807, 2.05) is 18.2 Å². The minimum Gasteiger partial charge on any atom is -0.465 e. The second-order valence-electron chi connectivity index (χ2n) is 6.06. The summed E-state index contributed by atoms with van der Waals surface area (Å²) in [5.41, 5.74) is 1.51. The van der Waals surface area contributed by atoms with Crippen molar-refractivity contribution in [2.75, 3.05) is 33.3 Å². The Balaban J connectivity index is 1.62. The number of carbonyl (C=O) groups is 1. The highest BCUT2D eigenvalue weighted by molar-refractivity contribution is 7.89. The molecule has 0 radical (unpaired) electrons. The first kappa shape index (κ1) is 18.5. The molecular weight excluding hydrogens is 354 g/mol. The van der Waals surface area contributed by atoms with Gasteiger partial charge in [0.05, 0.1) is 12.7 Å². The van der Waals surface area contributed by atoms with E-state index in [0.29, 0.717) is 38.3 Å². The number of sulfonamides is 1. The molecule has 1 fully saturated rings. The SMILES string of the molecule is COC(=O)c1cccc(CN2CCN(S(=O)(=O)c3cccnc3)CC2)c1. The van der Waals surface area contributed by atoms with Gasteiger partial charge in [-0.2, -0.15) is 4.31 Å². The molecule has 1 aliphatic heterocycles. The van der Waals surface area contributed by atoms with Crippen LogP contribution in [0, 0.1) is 0 Å². The smallest absolute Gasteiger partial charge is 0.337 e. The number of esters is 1. The molecule has 0 unspecified atom stereocenters. The lowest BCUT2D eigenvalue weighted by atomic mass is 10.1. The molecule has 0 bridgehead atoms. The number of piperazine rings is 1. The molecule has 138 valence electrons. The second-order valence-corrected chi connectivity index (χ2v) is 8.00. The summed E-state index contributed by atoms with van der Waals surface area (Å²) in [4.78, 5) is 17.9. The fourth-order valence-corrected chi connectivity index (χ4v) is 4.34. The van der Waals surface area contributed by atoms with Crippen molar-refractivity contribution in [2.24, 2.45) is 0 Å². The van der Waals surface area contributed by atoms with Crippen LogP contribution < -0.4 is 0 Å². The van der Waals surface area contributed by atoms with Gasteiger partial charge in [0.2, 0.25) is 10.0 Å². The van der Waals surface area contributed by atoms with Gasteiger partial charge in [-0.1, -0.05) is 12.1 Å². The molecule has 0 N–H and O–H groups in total. The van der Waals surface area contributed by atoms with Crippen molar-refractivity contribution in [1.82, 2.24) is 14.2 Å². The Morgan fingerprint density at radius 2 is 1.92 bits per heavy atom. The normalized spacial score (nSPS) is 16.3. The van der Waals surface area contributed by atoms with Crippen molar-refractivity contribution in [3.63, 3.8) is 0 Å². The number of methoxy groups -OCH3 is 1. The first-order chi connectivity index (χ1) is 12.5. The van der Waals surface area contributed by atoms with E-state index in [1.54, 1.807) is 24.4 Å². The van der Waals surface area contributed by atoms with Crippen LogP contribution >= 0.6 is 0 Å². The minimum absolute atomic E-state index is 0.222. The highest BCUT2D eigenvalue weighted by atomic mass is 32.2.